The van der Waals surface area contributed by atoms with Crippen LogP contribution in [-0.2, 0) is 0 Å². The van der Waals surface area contributed by atoms with E-state index in [0.29, 0.717) is 16.6 Å². The zero-order valence-corrected chi connectivity index (χ0v) is 13.8. The summed E-state index contributed by atoms with van der Waals surface area (Å²) in [5, 5.41) is 7.82. The Morgan fingerprint density at radius 1 is 1.48 bits per heavy atom. The third-order valence-electron chi connectivity index (χ3n) is 4.14. The number of amides is 1. The number of carbonyl (C=O) groups is 1. The smallest absolute Gasteiger partial charge is 0.292 e. The number of likely N-dealkylation sites (tertiary alicyclic amines) is 1. The van der Waals surface area contributed by atoms with Gasteiger partial charge in [0.25, 0.3) is 5.91 Å². The number of hydrogen-bond acceptors (Lipinski definition) is 4. The van der Waals surface area contributed by atoms with Crippen molar-refractivity contribution in [2.24, 2.45) is 5.92 Å². The fourth-order valence-corrected chi connectivity index (χ4v) is 3.21. The molecule has 1 aliphatic rings. The lowest BCUT2D eigenvalue weighted by Crippen LogP contribution is -2.42. The van der Waals surface area contributed by atoms with Gasteiger partial charge in [0.05, 0.1) is 0 Å². The lowest BCUT2D eigenvalue weighted by Gasteiger charge is -2.31. The van der Waals surface area contributed by atoms with E-state index in [1.54, 1.807) is 18.2 Å². The van der Waals surface area contributed by atoms with Gasteiger partial charge in [-0.05, 0) is 44.5 Å². The van der Waals surface area contributed by atoms with E-state index in [4.69, 9.17) is 16.1 Å². The molecule has 1 fully saturated rings. The van der Waals surface area contributed by atoms with Crippen LogP contribution in [0.3, 0.4) is 0 Å². The largest absolute Gasteiger partial charge is 0.350 e. The second kappa shape index (κ2) is 7.15. The van der Waals surface area contributed by atoms with E-state index in [2.05, 4.69) is 10.5 Å². The molecule has 2 aromatic rings. The number of nitrogens with one attached hydrogen (secondary N) is 1. The van der Waals surface area contributed by atoms with Gasteiger partial charge in [-0.1, -0.05) is 28.9 Å². The maximum absolute atomic E-state index is 12.6. The number of carbonyl (C=O) groups excluding carboxylic acids is 1. The molecule has 0 spiro atoms. The second-order valence-electron chi connectivity index (χ2n) is 5.90. The highest BCUT2D eigenvalue weighted by Crippen LogP contribution is 2.24. The van der Waals surface area contributed by atoms with Crippen LogP contribution in [0.1, 0.15) is 23.4 Å². The zero-order chi connectivity index (χ0) is 16.2. The van der Waals surface area contributed by atoms with Crippen molar-refractivity contribution in [3.63, 3.8) is 0 Å². The summed E-state index contributed by atoms with van der Waals surface area (Å²) in [6.07, 6.45) is 2.17. The molecule has 1 aromatic carbocycles. The molecule has 3 rings (SSSR count). The van der Waals surface area contributed by atoms with Gasteiger partial charge in [0.2, 0.25) is 5.76 Å². The van der Waals surface area contributed by atoms with E-state index < -0.39 is 0 Å². The molecule has 0 saturated carbocycles. The first-order valence-electron chi connectivity index (χ1n) is 7.84. The number of aromatic nitrogens is 1. The third kappa shape index (κ3) is 3.74. The highest BCUT2D eigenvalue weighted by molar-refractivity contribution is 6.30. The molecule has 1 aromatic heterocycles. The summed E-state index contributed by atoms with van der Waals surface area (Å²) in [5.41, 5.74) is 1.46. The number of nitrogens with zero attached hydrogens (tertiary/aromatic N) is 2. The third-order valence-corrected chi connectivity index (χ3v) is 4.38. The fraction of sp³-hybridized carbons (Fsp3) is 0.412. The van der Waals surface area contributed by atoms with Gasteiger partial charge in [0.15, 0.2) is 0 Å². The summed E-state index contributed by atoms with van der Waals surface area (Å²) < 4.78 is 5.27. The number of benzene rings is 1. The number of halogens is 1. The minimum absolute atomic E-state index is 0.0911. The molecule has 2 heterocycles. The normalized spacial score (nSPS) is 18.2. The highest BCUT2D eigenvalue weighted by atomic mass is 35.5. The fourth-order valence-electron chi connectivity index (χ4n) is 3.02. The van der Waals surface area contributed by atoms with E-state index in [9.17, 15) is 4.79 Å². The Kier molecular flexibility index (Phi) is 4.98. The molecule has 1 atom stereocenters. The monoisotopic (exact) mass is 333 g/mol. The molecular weight excluding hydrogens is 314 g/mol. The molecule has 1 aliphatic heterocycles. The Labute approximate surface area is 140 Å². The molecule has 6 heteroatoms. The van der Waals surface area contributed by atoms with Crippen molar-refractivity contribution < 1.29 is 9.32 Å². The first kappa shape index (κ1) is 16.0. The minimum atomic E-state index is -0.0911. The predicted molar refractivity (Wildman–Crippen MR) is 89.5 cm³/mol. The van der Waals surface area contributed by atoms with Crippen LogP contribution in [0.15, 0.2) is 34.9 Å². The zero-order valence-electron chi connectivity index (χ0n) is 13.1. The molecule has 5 nitrogen and oxygen atoms in total. The van der Waals surface area contributed by atoms with Crippen molar-refractivity contribution in [3.8, 4) is 11.3 Å². The molecule has 23 heavy (non-hydrogen) atoms. The molecule has 0 bridgehead atoms. The quantitative estimate of drug-likeness (QED) is 0.934. The highest BCUT2D eigenvalue weighted by Gasteiger charge is 2.26. The molecule has 0 aliphatic carbocycles. The summed E-state index contributed by atoms with van der Waals surface area (Å²) >= 11 is 5.99. The van der Waals surface area contributed by atoms with Crippen molar-refractivity contribution in [2.45, 2.75) is 12.8 Å². The molecule has 1 amide bonds. The standard InChI is InChI=1S/C17H20ClN3O2/c1-19-10-12-4-3-7-21(11-12)17(22)16-9-15(20-23-16)13-5-2-6-14(18)8-13/h2,5-6,8-9,12,19H,3-4,7,10-11H2,1H3. The van der Waals surface area contributed by atoms with Crippen molar-refractivity contribution >= 4 is 17.5 Å². The number of hydrogen-bond donors (Lipinski definition) is 1. The van der Waals surface area contributed by atoms with Gasteiger partial charge < -0.3 is 14.7 Å². The number of piperidine rings is 1. The van der Waals surface area contributed by atoms with Gasteiger partial charge in [-0.15, -0.1) is 0 Å². The van der Waals surface area contributed by atoms with Crippen LogP contribution in [0.2, 0.25) is 5.02 Å². The van der Waals surface area contributed by atoms with E-state index >= 15 is 0 Å². The van der Waals surface area contributed by atoms with Crippen molar-refractivity contribution in [1.29, 1.82) is 0 Å². The van der Waals surface area contributed by atoms with Gasteiger partial charge >= 0.3 is 0 Å². The summed E-state index contributed by atoms with van der Waals surface area (Å²) in [6.45, 7) is 2.45. The van der Waals surface area contributed by atoms with E-state index in [1.165, 1.54) is 0 Å². The van der Waals surface area contributed by atoms with Crippen LogP contribution < -0.4 is 5.32 Å². The van der Waals surface area contributed by atoms with Crippen LogP contribution in [0.5, 0.6) is 0 Å². The predicted octanol–water partition coefficient (Wildman–Crippen LogP) is 3.07. The van der Waals surface area contributed by atoms with Crippen LogP contribution >= 0.6 is 11.6 Å². The van der Waals surface area contributed by atoms with Crippen LogP contribution in [0.25, 0.3) is 11.3 Å². The van der Waals surface area contributed by atoms with Gasteiger partial charge in [0.1, 0.15) is 5.69 Å². The summed E-state index contributed by atoms with van der Waals surface area (Å²) in [5.74, 6) is 0.685. The molecule has 122 valence electrons. The Morgan fingerprint density at radius 2 is 2.35 bits per heavy atom. The summed E-state index contributed by atoms with van der Waals surface area (Å²) in [4.78, 5) is 14.5. The van der Waals surface area contributed by atoms with Crippen molar-refractivity contribution in [1.82, 2.24) is 15.4 Å². The van der Waals surface area contributed by atoms with E-state index in [-0.39, 0.29) is 11.7 Å². The Balaban J connectivity index is 1.73. The lowest BCUT2D eigenvalue weighted by molar-refractivity contribution is 0.0632. The van der Waals surface area contributed by atoms with Crippen molar-refractivity contribution in [3.05, 3.63) is 41.1 Å². The first-order chi connectivity index (χ1) is 11.2. The van der Waals surface area contributed by atoms with Gasteiger partial charge in [0, 0.05) is 29.7 Å². The second-order valence-corrected chi connectivity index (χ2v) is 6.34. The summed E-state index contributed by atoms with van der Waals surface area (Å²) in [6, 6.07) is 9.03. The Morgan fingerprint density at radius 3 is 3.13 bits per heavy atom. The first-order valence-corrected chi connectivity index (χ1v) is 8.21. The summed E-state index contributed by atoms with van der Waals surface area (Å²) in [7, 11) is 1.94. The molecule has 1 saturated heterocycles. The van der Waals surface area contributed by atoms with E-state index in [1.807, 2.05) is 24.1 Å². The average Bonchev–Trinajstić information content (AvgIpc) is 3.05. The van der Waals surface area contributed by atoms with E-state index in [0.717, 1.165) is 38.0 Å². The molecule has 1 N–H and O–H groups in total. The Bertz CT molecular complexity index is 684. The molecule has 1 unspecified atom stereocenters. The minimum Gasteiger partial charge on any atom is -0.350 e. The maximum atomic E-state index is 12.6. The molecule has 0 radical (unpaired) electrons. The van der Waals surface area contributed by atoms with Crippen LogP contribution in [-0.4, -0.2) is 42.6 Å². The maximum Gasteiger partial charge on any atom is 0.292 e. The SMILES string of the molecule is CNCC1CCCN(C(=O)c2cc(-c3cccc(Cl)c3)no2)C1. The van der Waals surface area contributed by atoms with Gasteiger partial charge in [-0.3, -0.25) is 4.79 Å². The Hall–Kier alpha value is -1.85. The lowest BCUT2D eigenvalue weighted by atomic mass is 9.98. The van der Waals surface area contributed by atoms with Crippen LogP contribution in [0, 0.1) is 5.92 Å². The van der Waals surface area contributed by atoms with Gasteiger partial charge in [-0.2, -0.15) is 0 Å². The van der Waals surface area contributed by atoms with Gasteiger partial charge in [-0.25, -0.2) is 0 Å². The van der Waals surface area contributed by atoms with Crippen LogP contribution in [0.4, 0.5) is 0 Å². The topological polar surface area (TPSA) is 58.4 Å². The average molecular weight is 334 g/mol. The number of rotatable bonds is 4. The molecular formula is C17H20ClN3O2. The van der Waals surface area contributed by atoms with Crippen molar-refractivity contribution in [2.75, 3.05) is 26.7 Å².